The third kappa shape index (κ3) is 4.51. The van der Waals surface area contributed by atoms with Gasteiger partial charge in [0.05, 0.1) is 38.6 Å². The molecule has 34 heavy (non-hydrogen) atoms. The molecule has 4 rings (SSSR count). The van der Waals surface area contributed by atoms with Crippen LogP contribution in [0.15, 0.2) is 35.7 Å². The average molecular weight is 490 g/mol. The second kappa shape index (κ2) is 9.64. The lowest BCUT2D eigenvalue weighted by Gasteiger charge is -2.20. The number of hydrogen-bond acceptors (Lipinski definition) is 7. The Kier molecular flexibility index (Phi) is 6.64. The number of carbonyl (C=O) groups excluding carboxylic acids is 2. The van der Waals surface area contributed by atoms with Crippen molar-refractivity contribution < 1.29 is 32.6 Å². The van der Waals surface area contributed by atoms with Crippen LogP contribution in [0.2, 0.25) is 0 Å². The minimum absolute atomic E-state index is 0.0178. The lowest BCUT2D eigenvalue weighted by Crippen LogP contribution is -2.28. The standard InChI is InChI=1S/C23H21F2N3O5S/c1-31-18-8-14(9-19(32-2)21(18)33-3)28-10-13(7-20(28)29)22(30)27-23-26-17(11-34-23)12-4-5-15(24)16(25)6-12/h4-6,8-9,11,13H,7,10H2,1-3H3,(H,26,27,30). The first-order chi connectivity index (χ1) is 16.3. The summed E-state index contributed by atoms with van der Waals surface area (Å²) in [5, 5.41) is 4.63. The molecule has 0 bridgehead atoms. The van der Waals surface area contributed by atoms with Gasteiger partial charge in [-0.2, -0.15) is 0 Å². The lowest BCUT2D eigenvalue weighted by atomic mass is 10.1. The maximum atomic E-state index is 13.5. The first kappa shape index (κ1) is 23.4. The van der Waals surface area contributed by atoms with Gasteiger partial charge in [0.15, 0.2) is 28.3 Å². The van der Waals surface area contributed by atoms with E-state index in [1.807, 2.05) is 0 Å². The maximum Gasteiger partial charge on any atom is 0.231 e. The second-order valence-electron chi connectivity index (χ2n) is 7.44. The fourth-order valence-electron chi connectivity index (χ4n) is 3.68. The van der Waals surface area contributed by atoms with Gasteiger partial charge in [0.1, 0.15) is 0 Å². The Bertz CT molecular complexity index is 1220. The zero-order valence-corrected chi connectivity index (χ0v) is 19.4. The van der Waals surface area contributed by atoms with Gasteiger partial charge in [-0.25, -0.2) is 13.8 Å². The van der Waals surface area contributed by atoms with Crippen molar-refractivity contribution >= 4 is 34.0 Å². The molecule has 1 aliphatic rings. The van der Waals surface area contributed by atoms with Crippen molar-refractivity contribution in [3.63, 3.8) is 0 Å². The highest BCUT2D eigenvalue weighted by Gasteiger charge is 2.36. The minimum Gasteiger partial charge on any atom is -0.493 e. The van der Waals surface area contributed by atoms with Crippen LogP contribution in [0.3, 0.4) is 0 Å². The van der Waals surface area contributed by atoms with Crippen molar-refractivity contribution in [3.05, 3.63) is 47.3 Å². The summed E-state index contributed by atoms with van der Waals surface area (Å²) in [6, 6.07) is 6.76. The average Bonchev–Trinajstić information content (AvgIpc) is 3.46. The van der Waals surface area contributed by atoms with E-state index < -0.39 is 17.6 Å². The van der Waals surface area contributed by atoms with Crippen molar-refractivity contribution in [1.82, 2.24) is 4.98 Å². The van der Waals surface area contributed by atoms with E-state index in [1.165, 1.54) is 32.3 Å². The minimum atomic E-state index is -0.979. The molecule has 1 saturated heterocycles. The van der Waals surface area contributed by atoms with Crippen LogP contribution in [0.25, 0.3) is 11.3 Å². The molecule has 1 aliphatic heterocycles. The molecule has 2 heterocycles. The van der Waals surface area contributed by atoms with Gasteiger partial charge >= 0.3 is 0 Å². The zero-order valence-electron chi connectivity index (χ0n) is 18.6. The summed E-state index contributed by atoms with van der Waals surface area (Å²) in [6.45, 7) is 0.157. The van der Waals surface area contributed by atoms with Crippen LogP contribution in [-0.2, 0) is 9.59 Å². The molecule has 2 amide bonds. The normalized spacial score (nSPS) is 15.4. The number of benzene rings is 2. The van der Waals surface area contributed by atoms with Crippen molar-refractivity contribution in [3.8, 4) is 28.5 Å². The summed E-state index contributed by atoms with van der Waals surface area (Å²) in [5.41, 5.74) is 1.31. The van der Waals surface area contributed by atoms with Gasteiger partial charge in [-0.15, -0.1) is 11.3 Å². The molecule has 1 atom stereocenters. The smallest absolute Gasteiger partial charge is 0.231 e. The van der Waals surface area contributed by atoms with Crippen molar-refractivity contribution in [1.29, 1.82) is 0 Å². The van der Waals surface area contributed by atoms with Crippen LogP contribution in [0.4, 0.5) is 19.6 Å². The van der Waals surface area contributed by atoms with Crippen LogP contribution in [-0.4, -0.2) is 44.7 Å². The van der Waals surface area contributed by atoms with Gasteiger partial charge in [0.25, 0.3) is 0 Å². The summed E-state index contributed by atoms with van der Waals surface area (Å²) in [5.74, 6) is -1.94. The molecule has 178 valence electrons. The van der Waals surface area contributed by atoms with Crippen LogP contribution in [0, 0.1) is 17.6 Å². The van der Waals surface area contributed by atoms with E-state index >= 15 is 0 Å². The van der Waals surface area contributed by atoms with E-state index in [4.69, 9.17) is 14.2 Å². The number of carbonyl (C=O) groups is 2. The third-order valence-electron chi connectivity index (χ3n) is 5.41. The molecule has 0 radical (unpaired) electrons. The molecule has 11 heteroatoms. The Labute approximate surface area is 198 Å². The Morgan fingerprint density at radius 3 is 2.41 bits per heavy atom. The van der Waals surface area contributed by atoms with Crippen molar-refractivity contribution in [2.45, 2.75) is 6.42 Å². The molecule has 1 aromatic heterocycles. The van der Waals surface area contributed by atoms with Gasteiger partial charge in [-0.1, -0.05) is 0 Å². The van der Waals surface area contributed by atoms with E-state index in [1.54, 1.807) is 17.5 Å². The van der Waals surface area contributed by atoms with Crippen molar-refractivity contribution in [2.24, 2.45) is 5.92 Å². The predicted molar refractivity (Wildman–Crippen MR) is 123 cm³/mol. The molecule has 8 nitrogen and oxygen atoms in total. The molecule has 1 N–H and O–H groups in total. The molecular formula is C23H21F2N3O5S. The fourth-order valence-corrected chi connectivity index (χ4v) is 4.41. The number of amides is 2. The number of thiazole rings is 1. The summed E-state index contributed by atoms with van der Waals surface area (Å²) in [6.07, 6.45) is 0.0178. The Balaban J connectivity index is 1.48. The lowest BCUT2D eigenvalue weighted by molar-refractivity contribution is -0.122. The number of anilines is 2. The molecule has 0 spiro atoms. The maximum absolute atomic E-state index is 13.5. The van der Waals surface area contributed by atoms with Crippen LogP contribution in [0.1, 0.15) is 6.42 Å². The van der Waals surface area contributed by atoms with Gasteiger partial charge in [0.2, 0.25) is 17.6 Å². The summed E-state index contributed by atoms with van der Waals surface area (Å²) >= 11 is 1.15. The SMILES string of the molecule is COc1cc(N2CC(C(=O)Nc3nc(-c4ccc(F)c(F)c4)cs3)CC2=O)cc(OC)c1OC. The molecular weight excluding hydrogens is 468 g/mol. The third-order valence-corrected chi connectivity index (χ3v) is 6.16. The number of halogens is 2. The number of nitrogens with one attached hydrogen (secondary N) is 1. The van der Waals surface area contributed by atoms with E-state index in [2.05, 4.69) is 10.3 Å². The monoisotopic (exact) mass is 489 g/mol. The van der Waals surface area contributed by atoms with Gasteiger partial charge in [-0.05, 0) is 18.2 Å². The fraction of sp³-hybridized carbons (Fsp3) is 0.261. The first-order valence-electron chi connectivity index (χ1n) is 10.2. The predicted octanol–water partition coefficient (Wildman–Crippen LogP) is 4.11. The highest BCUT2D eigenvalue weighted by Crippen LogP contribution is 2.42. The summed E-state index contributed by atoms with van der Waals surface area (Å²) < 4.78 is 42.7. The number of methoxy groups -OCH3 is 3. The van der Waals surface area contributed by atoms with E-state index in [0.717, 1.165) is 23.5 Å². The van der Waals surface area contributed by atoms with Gasteiger partial charge in [0, 0.05) is 36.0 Å². The molecule has 0 saturated carbocycles. The van der Waals surface area contributed by atoms with E-state index in [9.17, 15) is 18.4 Å². The number of nitrogens with zero attached hydrogens (tertiary/aromatic N) is 2. The summed E-state index contributed by atoms with van der Waals surface area (Å²) in [4.78, 5) is 31.3. The van der Waals surface area contributed by atoms with Gasteiger partial charge < -0.3 is 24.4 Å². The van der Waals surface area contributed by atoms with Crippen LogP contribution in [0.5, 0.6) is 17.2 Å². The van der Waals surface area contributed by atoms with Crippen LogP contribution < -0.4 is 24.4 Å². The molecule has 2 aromatic carbocycles. The highest BCUT2D eigenvalue weighted by atomic mass is 32.1. The Morgan fingerprint density at radius 1 is 1.09 bits per heavy atom. The Morgan fingerprint density at radius 2 is 1.79 bits per heavy atom. The van der Waals surface area contributed by atoms with E-state index in [-0.39, 0.29) is 24.8 Å². The number of aromatic nitrogens is 1. The largest absolute Gasteiger partial charge is 0.493 e. The molecule has 3 aromatic rings. The second-order valence-corrected chi connectivity index (χ2v) is 8.30. The highest BCUT2D eigenvalue weighted by molar-refractivity contribution is 7.14. The Hall–Kier alpha value is -3.73. The number of rotatable bonds is 7. The van der Waals surface area contributed by atoms with Crippen molar-refractivity contribution in [2.75, 3.05) is 38.1 Å². The summed E-state index contributed by atoms with van der Waals surface area (Å²) in [7, 11) is 4.44. The number of hydrogen-bond donors (Lipinski definition) is 1. The van der Waals surface area contributed by atoms with Crippen LogP contribution >= 0.6 is 11.3 Å². The van der Waals surface area contributed by atoms with E-state index in [0.29, 0.717) is 39.3 Å². The zero-order chi connectivity index (χ0) is 24.4. The number of ether oxygens (including phenoxy) is 3. The molecule has 1 fully saturated rings. The molecule has 0 aliphatic carbocycles. The topological polar surface area (TPSA) is 90.0 Å². The van der Waals surface area contributed by atoms with Gasteiger partial charge in [-0.3, -0.25) is 9.59 Å². The molecule has 1 unspecified atom stereocenters. The quantitative estimate of drug-likeness (QED) is 0.537. The first-order valence-corrected chi connectivity index (χ1v) is 11.0.